The molecule has 0 spiro atoms. The number of fused-ring (bicyclic) bond motifs is 2. The number of allylic oxidation sites excluding steroid dienone is 3. The van der Waals surface area contributed by atoms with Crippen molar-refractivity contribution in [3.8, 4) is 0 Å². The molecule has 0 aromatic heterocycles. The Balaban J connectivity index is 1.95. The highest BCUT2D eigenvalue weighted by Crippen LogP contribution is 2.54. The van der Waals surface area contributed by atoms with Crippen molar-refractivity contribution < 1.29 is 0 Å². The van der Waals surface area contributed by atoms with E-state index in [0.717, 1.165) is 5.92 Å². The van der Waals surface area contributed by atoms with E-state index in [-0.39, 0.29) is 0 Å². The van der Waals surface area contributed by atoms with Crippen LogP contribution in [0.15, 0.2) is 46.9 Å². The van der Waals surface area contributed by atoms with Crippen molar-refractivity contribution in [3.05, 3.63) is 53.1 Å². The summed E-state index contributed by atoms with van der Waals surface area (Å²) < 4.78 is 0. The zero-order valence-corrected chi connectivity index (χ0v) is 11.6. The minimum absolute atomic E-state index is 0.381. The van der Waals surface area contributed by atoms with Crippen LogP contribution in [0.1, 0.15) is 30.9 Å². The Morgan fingerprint density at radius 3 is 3.22 bits per heavy atom. The van der Waals surface area contributed by atoms with E-state index in [9.17, 15) is 0 Å². The number of benzene rings is 1. The number of thioether (sulfide) groups is 1. The lowest BCUT2D eigenvalue weighted by Crippen LogP contribution is -2.31. The van der Waals surface area contributed by atoms with E-state index in [0.29, 0.717) is 5.41 Å². The highest BCUT2D eigenvalue weighted by Gasteiger charge is 2.45. The van der Waals surface area contributed by atoms with Crippen molar-refractivity contribution in [3.63, 3.8) is 0 Å². The molecule has 2 unspecified atom stereocenters. The van der Waals surface area contributed by atoms with E-state index in [1.165, 1.54) is 25.0 Å². The first kappa shape index (κ1) is 10.9. The largest absolute Gasteiger partial charge is 0.121 e. The molecule has 1 heteroatoms. The summed E-state index contributed by atoms with van der Waals surface area (Å²) >= 11 is 2.05. The summed E-state index contributed by atoms with van der Waals surface area (Å²) in [6, 6.07) is 6.92. The average Bonchev–Trinajstić information content (AvgIpc) is 2.70. The molecule has 18 heavy (non-hydrogen) atoms. The molecular weight excluding hydrogens is 236 g/mol. The van der Waals surface area contributed by atoms with Crippen LogP contribution >= 0.6 is 11.8 Å². The second-order valence-corrected chi connectivity index (χ2v) is 6.97. The highest BCUT2D eigenvalue weighted by molar-refractivity contribution is 7.99. The van der Waals surface area contributed by atoms with Crippen LogP contribution in [0, 0.1) is 5.92 Å². The van der Waals surface area contributed by atoms with E-state index < -0.39 is 0 Å². The Morgan fingerprint density at radius 2 is 2.28 bits per heavy atom. The Bertz CT molecular complexity index is 567. The van der Waals surface area contributed by atoms with Crippen LogP contribution in [0.4, 0.5) is 0 Å². The molecule has 1 aliphatic heterocycles. The molecule has 92 valence electrons. The van der Waals surface area contributed by atoms with Crippen molar-refractivity contribution in [2.75, 3.05) is 5.75 Å². The standard InChI is InChI=1S/C17H18S/c1-17-10-9-12-6-4-8-15(16(12)17)18-11-13-5-2-3-7-14(13)17/h2-6,8,14H,7,9-11H2,1H3. The second kappa shape index (κ2) is 3.77. The highest BCUT2D eigenvalue weighted by atomic mass is 32.2. The van der Waals surface area contributed by atoms with Crippen molar-refractivity contribution in [1.82, 2.24) is 0 Å². The van der Waals surface area contributed by atoms with E-state index in [2.05, 4.69) is 43.4 Å². The van der Waals surface area contributed by atoms with Crippen LogP contribution in [-0.4, -0.2) is 5.75 Å². The van der Waals surface area contributed by atoms with Crippen LogP contribution in [0.2, 0.25) is 0 Å². The maximum atomic E-state index is 2.51. The average molecular weight is 254 g/mol. The number of hydrogen-bond donors (Lipinski definition) is 0. The molecule has 0 bridgehead atoms. The third kappa shape index (κ3) is 1.34. The van der Waals surface area contributed by atoms with Gasteiger partial charge in [0.25, 0.3) is 0 Å². The molecule has 1 aromatic carbocycles. The molecule has 4 rings (SSSR count). The van der Waals surface area contributed by atoms with Gasteiger partial charge in [0.1, 0.15) is 0 Å². The van der Waals surface area contributed by atoms with E-state index >= 15 is 0 Å². The molecule has 0 N–H and O–H groups in total. The number of hydrogen-bond acceptors (Lipinski definition) is 1. The minimum atomic E-state index is 0.381. The summed E-state index contributed by atoms with van der Waals surface area (Å²) in [7, 11) is 0. The second-order valence-electron chi connectivity index (χ2n) is 5.95. The van der Waals surface area contributed by atoms with Crippen LogP contribution in [0.3, 0.4) is 0 Å². The fraction of sp³-hybridized carbons (Fsp3) is 0.412. The maximum absolute atomic E-state index is 2.51. The third-order valence-electron chi connectivity index (χ3n) is 5.03. The van der Waals surface area contributed by atoms with E-state index in [1.54, 1.807) is 21.6 Å². The van der Waals surface area contributed by atoms with Crippen molar-refractivity contribution in [1.29, 1.82) is 0 Å². The van der Waals surface area contributed by atoms with Gasteiger partial charge in [-0.3, -0.25) is 0 Å². The van der Waals surface area contributed by atoms with Crippen molar-refractivity contribution in [2.45, 2.75) is 36.5 Å². The summed E-state index contributed by atoms with van der Waals surface area (Å²) in [6.45, 7) is 2.51. The molecule has 2 aliphatic carbocycles. The predicted molar refractivity (Wildman–Crippen MR) is 78.2 cm³/mol. The first-order chi connectivity index (χ1) is 8.79. The normalized spacial score (nSPS) is 32.5. The maximum Gasteiger partial charge on any atom is 0.0197 e. The summed E-state index contributed by atoms with van der Waals surface area (Å²) in [5.41, 5.74) is 5.33. The SMILES string of the molecule is CC12CCc3cccc(c31)SCC1=CC=CCC12. The molecule has 3 aliphatic rings. The van der Waals surface area contributed by atoms with Crippen LogP contribution < -0.4 is 0 Å². The lowest BCUT2D eigenvalue weighted by atomic mass is 9.67. The topological polar surface area (TPSA) is 0 Å². The monoisotopic (exact) mass is 254 g/mol. The quantitative estimate of drug-likeness (QED) is 0.657. The Morgan fingerprint density at radius 1 is 1.33 bits per heavy atom. The predicted octanol–water partition coefficient (Wildman–Crippen LogP) is 4.50. The van der Waals surface area contributed by atoms with Gasteiger partial charge in [0.05, 0.1) is 0 Å². The van der Waals surface area contributed by atoms with Gasteiger partial charge in [-0.1, -0.05) is 42.9 Å². The van der Waals surface area contributed by atoms with Gasteiger partial charge >= 0.3 is 0 Å². The molecule has 0 saturated carbocycles. The van der Waals surface area contributed by atoms with Gasteiger partial charge in [0.2, 0.25) is 0 Å². The molecule has 0 radical (unpaired) electrons. The zero-order chi connectivity index (χ0) is 12.2. The summed E-state index contributed by atoms with van der Waals surface area (Å²) in [4.78, 5) is 1.54. The lowest BCUT2D eigenvalue weighted by molar-refractivity contribution is 0.329. The van der Waals surface area contributed by atoms with Gasteiger partial charge < -0.3 is 0 Å². The lowest BCUT2D eigenvalue weighted by Gasteiger charge is -2.36. The fourth-order valence-corrected chi connectivity index (χ4v) is 5.38. The fourth-order valence-electron chi connectivity index (χ4n) is 4.07. The molecule has 0 amide bonds. The molecule has 0 fully saturated rings. The third-order valence-corrected chi connectivity index (χ3v) is 6.16. The Hall–Kier alpha value is -0.950. The molecular formula is C17H18S. The van der Waals surface area contributed by atoms with Gasteiger partial charge in [-0.05, 0) is 42.4 Å². The summed E-state index contributed by atoms with van der Waals surface area (Å²) in [5, 5.41) is 0. The molecule has 2 atom stereocenters. The first-order valence-electron chi connectivity index (χ1n) is 6.90. The Kier molecular flexibility index (Phi) is 2.29. The first-order valence-corrected chi connectivity index (χ1v) is 7.88. The summed E-state index contributed by atoms with van der Waals surface area (Å²) in [5.74, 6) is 1.92. The minimum Gasteiger partial charge on any atom is -0.121 e. The zero-order valence-electron chi connectivity index (χ0n) is 10.8. The van der Waals surface area contributed by atoms with Crippen LogP contribution in [0.25, 0.3) is 0 Å². The Labute approximate surface area is 113 Å². The van der Waals surface area contributed by atoms with Gasteiger partial charge in [-0.15, -0.1) is 11.8 Å². The molecule has 0 saturated heterocycles. The van der Waals surface area contributed by atoms with Crippen LogP contribution in [0.5, 0.6) is 0 Å². The van der Waals surface area contributed by atoms with Gasteiger partial charge in [-0.25, -0.2) is 0 Å². The van der Waals surface area contributed by atoms with Crippen LogP contribution in [-0.2, 0) is 11.8 Å². The molecule has 1 aromatic rings. The smallest absolute Gasteiger partial charge is 0.0197 e. The van der Waals surface area contributed by atoms with E-state index in [1.807, 2.05) is 11.8 Å². The molecule has 0 nitrogen and oxygen atoms in total. The van der Waals surface area contributed by atoms with Gasteiger partial charge in [0, 0.05) is 16.1 Å². The molecule has 1 heterocycles. The van der Waals surface area contributed by atoms with Gasteiger partial charge in [0.15, 0.2) is 0 Å². The van der Waals surface area contributed by atoms with Crippen molar-refractivity contribution in [2.24, 2.45) is 5.92 Å². The number of aryl methyl sites for hydroxylation is 1. The summed E-state index contributed by atoms with van der Waals surface area (Å²) in [6.07, 6.45) is 10.8. The number of rotatable bonds is 0. The van der Waals surface area contributed by atoms with Gasteiger partial charge in [-0.2, -0.15) is 0 Å². The van der Waals surface area contributed by atoms with Crippen molar-refractivity contribution >= 4 is 11.8 Å². The van der Waals surface area contributed by atoms with E-state index in [4.69, 9.17) is 0 Å².